The molecule has 0 bridgehead atoms. The van der Waals surface area contributed by atoms with E-state index in [4.69, 9.17) is 0 Å². The first-order valence-corrected chi connectivity index (χ1v) is 8.10. The smallest absolute Gasteiger partial charge is 0.256 e. The molecule has 1 fully saturated rings. The van der Waals surface area contributed by atoms with Crippen molar-refractivity contribution in [2.45, 2.75) is 52.6 Å². The van der Waals surface area contributed by atoms with Crippen LogP contribution < -0.4 is 0 Å². The van der Waals surface area contributed by atoms with Gasteiger partial charge in [-0.25, -0.2) is 0 Å². The highest BCUT2D eigenvalue weighted by Gasteiger charge is 2.43. The van der Waals surface area contributed by atoms with Crippen LogP contribution in [0.4, 0.5) is 0 Å². The molecule has 2 aliphatic rings. The third-order valence-electron chi connectivity index (χ3n) is 4.77. The summed E-state index contributed by atoms with van der Waals surface area (Å²) < 4.78 is 0. The molecule has 2 amide bonds. The molecule has 1 saturated heterocycles. The Labute approximate surface area is 133 Å². The zero-order valence-electron chi connectivity index (χ0n) is 14.2. The topological polar surface area (TPSA) is 60.9 Å². The van der Waals surface area contributed by atoms with Crippen LogP contribution in [-0.4, -0.2) is 58.5 Å². The van der Waals surface area contributed by atoms with Gasteiger partial charge in [0, 0.05) is 26.6 Å². The molecule has 2 aliphatic heterocycles. The van der Waals surface area contributed by atoms with Gasteiger partial charge >= 0.3 is 0 Å². The van der Waals surface area contributed by atoms with Gasteiger partial charge in [0.1, 0.15) is 0 Å². The van der Waals surface area contributed by atoms with Crippen LogP contribution in [0.5, 0.6) is 0 Å². The number of amides is 2. The molecule has 0 aliphatic carbocycles. The summed E-state index contributed by atoms with van der Waals surface area (Å²) >= 11 is 0. The van der Waals surface area contributed by atoms with E-state index < -0.39 is 5.60 Å². The number of piperidine rings is 1. The normalized spacial score (nSPS) is 26.7. The van der Waals surface area contributed by atoms with Crippen molar-refractivity contribution in [1.29, 1.82) is 0 Å². The molecule has 2 rings (SSSR count). The lowest BCUT2D eigenvalue weighted by atomic mass is 9.82. The van der Waals surface area contributed by atoms with E-state index in [0.717, 1.165) is 6.42 Å². The molecular weight excluding hydrogens is 280 g/mol. The van der Waals surface area contributed by atoms with E-state index in [2.05, 4.69) is 26.8 Å². The zero-order valence-corrected chi connectivity index (χ0v) is 14.2. The zero-order chi connectivity index (χ0) is 16.5. The number of nitrogens with zero attached hydrogens (tertiary/aromatic N) is 2. The number of carbonyl (C=O) groups is 2. The second-order valence-electron chi connectivity index (χ2n) is 7.56. The minimum Gasteiger partial charge on any atom is -0.378 e. The molecular formula is C17H28N2O3. The van der Waals surface area contributed by atoms with Crippen LogP contribution in [0.3, 0.4) is 0 Å². The largest absolute Gasteiger partial charge is 0.378 e. The van der Waals surface area contributed by atoms with Crippen LogP contribution in [0.25, 0.3) is 0 Å². The Morgan fingerprint density at radius 1 is 1.23 bits per heavy atom. The first-order chi connectivity index (χ1) is 10.1. The molecule has 0 aromatic carbocycles. The number of aliphatic hydroxyl groups is 1. The summed E-state index contributed by atoms with van der Waals surface area (Å²) in [5.74, 6) is -0.317. The molecule has 5 nitrogen and oxygen atoms in total. The van der Waals surface area contributed by atoms with Gasteiger partial charge in [-0.05, 0) is 24.7 Å². The van der Waals surface area contributed by atoms with Gasteiger partial charge in [-0.2, -0.15) is 0 Å². The van der Waals surface area contributed by atoms with E-state index in [9.17, 15) is 14.7 Å². The van der Waals surface area contributed by atoms with Crippen molar-refractivity contribution in [2.75, 3.05) is 26.2 Å². The van der Waals surface area contributed by atoms with Crippen LogP contribution in [-0.2, 0) is 9.59 Å². The van der Waals surface area contributed by atoms with E-state index in [-0.39, 0.29) is 23.8 Å². The van der Waals surface area contributed by atoms with Crippen molar-refractivity contribution in [3.8, 4) is 0 Å². The summed E-state index contributed by atoms with van der Waals surface area (Å²) in [6.07, 6.45) is 4.05. The Balaban J connectivity index is 2.06. The average Bonchev–Trinajstić information content (AvgIpc) is 2.45. The number of hydrogen-bond acceptors (Lipinski definition) is 3. The van der Waals surface area contributed by atoms with E-state index in [1.54, 1.807) is 9.80 Å². The Morgan fingerprint density at radius 3 is 2.41 bits per heavy atom. The summed E-state index contributed by atoms with van der Waals surface area (Å²) in [4.78, 5) is 27.5. The highest BCUT2D eigenvalue weighted by Crippen LogP contribution is 2.31. The summed E-state index contributed by atoms with van der Waals surface area (Å²) in [5.41, 5.74) is 0.0665. The third kappa shape index (κ3) is 3.51. The molecule has 1 atom stereocenters. The standard InChI is InChI=1S/C17H28N2O3/c1-13(20)19-9-5-8-17(22,12-19)15(21)18-10-6-14(7-11-18)16(2,3)4/h6,22H,5,7-12H2,1-4H3/t17-/m0/s1. The molecule has 1 N–H and O–H groups in total. The highest BCUT2D eigenvalue weighted by atomic mass is 16.3. The van der Waals surface area contributed by atoms with Crippen molar-refractivity contribution >= 4 is 11.8 Å². The fraction of sp³-hybridized carbons (Fsp3) is 0.765. The fourth-order valence-corrected chi connectivity index (χ4v) is 3.31. The van der Waals surface area contributed by atoms with Crippen LogP contribution in [0, 0.1) is 5.41 Å². The summed E-state index contributed by atoms with van der Waals surface area (Å²) in [5, 5.41) is 10.7. The van der Waals surface area contributed by atoms with Gasteiger partial charge in [0.05, 0.1) is 6.54 Å². The number of rotatable bonds is 1. The summed E-state index contributed by atoms with van der Waals surface area (Å²) in [6, 6.07) is 0. The molecule has 22 heavy (non-hydrogen) atoms. The number of hydrogen-bond donors (Lipinski definition) is 1. The maximum atomic E-state index is 12.7. The maximum absolute atomic E-state index is 12.7. The predicted molar refractivity (Wildman–Crippen MR) is 85.2 cm³/mol. The van der Waals surface area contributed by atoms with Crippen LogP contribution >= 0.6 is 0 Å². The first kappa shape index (κ1) is 17.0. The second-order valence-corrected chi connectivity index (χ2v) is 7.56. The molecule has 0 radical (unpaired) electrons. The minimum atomic E-state index is -1.42. The van der Waals surface area contributed by atoms with Crippen molar-refractivity contribution in [2.24, 2.45) is 5.41 Å². The van der Waals surface area contributed by atoms with Gasteiger partial charge in [0.2, 0.25) is 5.91 Å². The monoisotopic (exact) mass is 308 g/mol. The van der Waals surface area contributed by atoms with E-state index in [0.29, 0.717) is 32.5 Å². The van der Waals surface area contributed by atoms with Crippen LogP contribution in [0.2, 0.25) is 0 Å². The quantitative estimate of drug-likeness (QED) is 0.748. The van der Waals surface area contributed by atoms with Gasteiger partial charge in [-0.15, -0.1) is 0 Å². The molecule has 0 saturated carbocycles. The molecule has 0 unspecified atom stereocenters. The average molecular weight is 308 g/mol. The molecule has 124 valence electrons. The minimum absolute atomic E-state index is 0.0838. The van der Waals surface area contributed by atoms with Crippen molar-refractivity contribution in [1.82, 2.24) is 9.80 Å². The van der Waals surface area contributed by atoms with Gasteiger partial charge in [0.25, 0.3) is 5.91 Å². The Kier molecular flexibility index (Phi) is 4.66. The van der Waals surface area contributed by atoms with Gasteiger partial charge < -0.3 is 14.9 Å². The lowest BCUT2D eigenvalue weighted by Gasteiger charge is -2.41. The third-order valence-corrected chi connectivity index (χ3v) is 4.77. The molecule has 0 spiro atoms. The van der Waals surface area contributed by atoms with Crippen molar-refractivity contribution in [3.63, 3.8) is 0 Å². The fourth-order valence-electron chi connectivity index (χ4n) is 3.31. The molecule has 2 heterocycles. The Hall–Kier alpha value is -1.36. The summed E-state index contributed by atoms with van der Waals surface area (Å²) in [7, 11) is 0. The van der Waals surface area contributed by atoms with E-state index >= 15 is 0 Å². The Morgan fingerprint density at radius 2 is 1.91 bits per heavy atom. The second kappa shape index (κ2) is 6.03. The first-order valence-electron chi connectivity index (χ1n) is 8.10. The number of β-amino-alcohol motifs (C(OH)–C–C–N with tert-alkyl or cyclic N) is 1. The van der Waals surface area contributed by atoms with Gasteiger partial charge in [-0.3, -0.25) is 9.59 Å². The number of carbonyl (C=O) groups excluding carboxylic acids is 2. The van der Waals surface area contributed by atoms with E-state index in [1.165, 1.54) is 12.5 Å². The van der Waals surface area contributed by atoms with Gasteiger partial charge in [0.15, 0.2) is 5.60 Å². The van der Waals surface area contributed by atoms with Gasteiger partial charge in [-0.1, -0.05) is 32.4 Å². The Bertz CT molecular complexity index is 493. The summed E-state index contributed by atoms with van der Waals surface area (Å²) in [6.45, 7) is 9.95. The molecule has 0 aromatic rings. The molecule has 0 aromatic heterocycles. The predicted octanol–water partition coefficient (Wildman–Crippen LogP) is 1.56. The maximum Gasteiger partial charge on any atom is 0.256 e. The lowest BCUT2D eigenvalue weighted by molar-refractivity contribution is -0.159. The van der Waals surface area contributed by atoms with Crippen molar-refractivity contribution < 1.29 is 14.7 Å². The SMILES string of the molecule is CC(=O)N1CCC[C@@](O)(C(=O)N2CC=C(C(C)(C)C)CC2)C1. The van der Waals surface area contributed by atoms with Crippen LogP contribution in [0.15, 0.2) is 11.6 Å². The highest BCUT2D eigenvalue weighted by molar-refractivity contribution is 5.86. The number of likely N-dealkylation sites (tertiary alicyclic amines) is 1. The van der Waals surface area contributed by atoms with E-state index in [1.807, 2.05) is 0 Å². The van der Waals surface area contributed by atoms with Crippen molar-refractivity contribution in [3.05, 3.63) is 11.6 Å². The lowest BCUT2D eigenvalue weighted by Crippen LogP contribution is -2.59. The van der Waals surface area contributed by atoms with Crippen LogP contribution in [0.1, 0.15) is 47.0 Å². The molecule has 5 heteroatoms.